The number of nitriles is 1. The third-order valence-corrected chi connectivity index (χ3v) is 5.85. The first-order chi connectivity index (χ1) is 13.7. The molecule has 0 radical (unpaired) electrons. The van der Waals surface area contributed by atoms with Crippen LogP contribution in [0.3, 0.4) is 0 Å². The molecule has 3 rings (SSSR count). The lowest BCUT2D eigenvalue weighted by molar-refractivity contribution is 0.260. The van der Waals surface area contributed by atoms with Crippen molar-refractivity contribution >= 4 is 29.7 Å². The van der Waals surface area contributed by atoms with E-state index in [1.807, 2.05) is 6.07 Å². The van der Waals surface area contributed by atoms with E-state index < -0.39 is 24.0 Å². The van der Waals surface area contributed by atoms with Crippen LogP contribution >= 0.6 is 19.9 Å². The van der Waals surface area contributed by atoms with E-state index in [4.69, 9.17) is 31.0 Å². The highest BCUT2D eigenvalue weighted by Crippen LogP contribution is 2.44. The van der Waals surface area contributed by atoms with E-state index in [0.717, 1.165) is 25.5 Å². The van der Waals surface area contributed by atoms with Crippen LogP contribution in [0.1, 0.15) is 42.1 Å². The maximum absolute atomic E-state index is 11.8. The van der Waals surface area contributed by atoms with Crippen molar-refractivity contribution in [3.8, 4) is 17.6 Å². The molecule has 1 atom stereocenters. The van der Waals surface area contributed by atoms with Crippen LogP contribution in [0.4, 0.5) is 0 Å². The van der Waals surface area contributed by atoms with E-state index >= 15 is 0 Å². The summed E-state index contributed by atoms with van der Waals surface area (Å²) in [4.78, 5) is 9.04. The summed E-state index contributed by atoms with van der Waals surface area (Å²) in [5, 5.41) is 13.6. The zero-order valence-electron chi connectivity index (χ0n) is 15.4. The smallest absolute Gasteiger partial charge is 0.453 e. The summed E-state index contributed by atoms with van der Waals surface area (Å²) in [6, 6.07) is 6.48. The number of hydrogen-bond acceptors (Lipinski definition) is 7. The van der Waals surface area contributed by atoms with Crippen molar-refractivity contribution in [1.82, 2.24) is 9.78 Å². The van der Waals surface area contributed by atoms with Gasteiger partial charge in [0.25, 0.3) is 0 Å². The van der Waals surface area contributed by atoms with Crippen LogP contribution in [0.5, 0.6) is 11.5 Å². The molecule has 1 aromatic carbocycles. The molecule has 1 N–H and O–H groups in total. The van der Waals surface area contributed by atoms with E-state index in [9.17, 15) is 13.0 Å². The minimum Gasteiger partial charge on any atom is -0.453 e. The normalized spacial score (nSPS) is 14.9. The minimum atomic E-state index is -3.45. The fourth-order valence-electron chi connectivity index (χ4n) is 2.91. The molecule has 0 amide bonds. The van der Waals surface area contributed by atoms with E-state index in [2.05, 4.69) is 5.10 Å². The fourth-order valence-corrected chi connectivity index (χ4v) is 4.02. The molecule has 1 aliphatic rings. The van der Waals surface area contributed by atoms with Crippen LogP contribution in [-0.4, -0.2) is 29.3 Å². The van der Waals surface area contributed by atoms with E-state index in [-0.39, 0.29) is 34.6 Å². The molecular weight excluding hydrogens is 441 g/mol. The van der Waals surface area contributed by atoms with Crippen molar-refractivity contribution in [3.05, 3.63) is 40.2 Å². The standard InChI is InChI=1S/C17H17ClN3O6PS/c1-29(24,25)10-21-15(9-26-28(22)23)17(16(20-21)11-3-2-4-11)27-13-6-5-12(8-19)14(18)7-13/h5-7,11H,2-4,9-10H2,1H3/p+1. The molecule has 2 aromatic rings. The Balaban J connectivity index is 2.06. The average Bonchev–Trinajstić information content (AvgIpc) is 2.86. The number of rotatable bonds is 8. The second-order valence-electron chi connectivity index (χ2n) is 6.71. The Morgan fingerprint density at radius 1 is 1.45 bits per heavy atom. The Morgan fingerprint density at radius 2 is 2.17 bits per heavy atom. The SMILES string of the molecule is CS(=O)(=O)Cn1nc(C2CCC2)c(Oc2ccc(C#N)c(Cl)c2)c1CO[P+](=O)O. The summed E-state index contributed by atoms with van der Waals surface area (Å²) >= 11 is 6.07. The van der Waals surface area contributed by atoms with Gasteiger partial charge in [0, 0.05) is 22.8 Å². The molecule has 12 heteroatoms. The molecule has 1 heterocycles. The van der Waals surface area contributed by atoms with Crippen molar-refractivity contribution in [2.24, 2.45) is 0 Å². The zero-order valence-corrected chi connectivity index (χ0v) is 17.9. The molecule has 1 fully saturated rings. The Labute approximate surface area is 173 Å². The van der Waals surface area contributed by atoms with Crippen molar-refractivity contribution in [1.29, 1.82) is 5.26 Å². The van der Waals surface area contributed by atoms with Gasteiger partial charge in [0.05, 0.1) is 10.6 Å². The number of hydrogen-bond donors (Lipinski definition) is 1. The third-order valence-electron chi connectivity index (χ3n) is 4.48. The lowest BCUT2D eigenvalue weighted by atomic mass is 9.82. The zero-order chi connectivity index (χ0) is 21.2. The van der Waals surface area contributed by atoms with Gasteiger partial charge in [-0.2, -0.15) is 10.4 Å². The highest BCUT2D eigenvalue weighted by molar-refractivity contribution is 7.89. The number of benzene rings is 1. The average molecular weight is 459 g/mol. The van der Waals surface area contributed by atoms with Gasteiger partial charge in [0.15, 0.2) is 22.2 Å². The largest absolute Gasteiger partial charge is 0.695 e. The van der Waals surface area contributed by atoms with Gasteiger partial charge in [0.2, 0.25) is 0 Å². The quantitative estimate of drug-likeness (QED) is 0.593. The first-order valence-electron chi connectivity index (χ1n) is 8.62. The highest BCUT2D eigenvalue weighted by Gasteiger charge is 2.32. The van der Waals surface area contributed by atoms with Crippen LogP contribution < -0.4 is 4.74 Å². The third kappa shape index (κ3) is 5.32. The monoisotopic (exact) mass is 458 g/mol. The molecule has 1 aromatic heterocycles. The molecule has 9 nitrogen and oxygen atoms in total. The lowest BCUT2D eigenvalue weighted by Crippen LogP contribution is -2.14. The first kappa shape index (κ1) is 21.7. The first-order valence-corrected chi connectivity index (χ1v) is 12.2. The van der Waals surface area contributed by atoms with Crippen molar-refractivity contribution in [2.75, 3.05) is 6.26 Å². The molecule has 154 valence electrons. The summed E-state index contributed by atoms with van der Waals surface area (Å²) in [6.07, 6.45) is 3.82. The van der Waals surface area contributed by atoms with Gasteiger partial charge in [-0.3, -0.25) is 0 Å². The topological polar surface area (TPSA) is 132 Å². The molecule has 0 saturated heterocycles. The number of sulfone groups is 1. The summed E-state index contributed by atoms with van der Waals surface area (Å²) in [5.74, 6) is 0.255. The molecule has 0 bridgehead atoms. The van der Waals surface area contributed by atoms with Crippen LogP contribution in [0, 0.1) is 11.3 Å². The second kappa shape index (κ2) is 8.78. The minimum absolute atomic E-state index is 0.0845. The van der Waals surface area contributed by atoms with E-state index in [0.29, 0.717) is 11.4 Å². The fraction of sp³-hybridized carbons (Fsp3) is 0.412. The number of ether oxygens (including phenoxy) is 1. The van der Waals surface area contributed by atoms with Crippen LogP contribution in [0.15, 0.2) is 18.2 Å². The molecule has 0 spiro atoms. The van der Waals surface area contributed by atoms with Gasteiger partial charge >= 0.3 is 8.25 Å². The maximum atomic E-state index is 11.8. The van der Waals surface area contributed by atoms with Gasteiger partial charge in [-0.15, -0.1) is 9.42 Å². The molecule has 29 heavy (non-hydrogen) atoms. The van der Waals surface area contributed by atoms with Crippen LogP contribution in [-0.2, 0) is 31.4 Å². The number of halogens is 1. The van der Waals surface area contributed by atoms with Gasteiger partial charge in [-0.1, -0.05) is 18.0 Å². The Bertz CT molecular complexity index is 1090. The van der Waals surface area contributed by atoms with Crippen molar-refractivity contribution < 1.29 is 27.1 Å². The molecule has 1 saturated carbocycles. The molecule has 0 aliphatic heterocycles. The summed E-state index contributed by atoms with van der Waals surface area (Å²) in [6.45, 7) is -0.361. The van der Waals surface area contributed by atoms with Gasteiger partial charge in [-0.25, -0.2) is 13.1 Å². The van der Waals surface area contributed by atoms with E-state index in [1.165, 1.54) is 16.8 Å². The van der Waals surface area contributed by atoms with Gasteiger partial charge in [-0.05, 0) is 25.0 Å². The van der Waals surface area contributed by atoms with Crippen molar-refractivity contribution in [2.45, 2.75) is 37.7 Å². The lowest BCUT2D eigenvalue weighted by Gasteiger charge is -2.24. The summed E-state index contributed by atoms with van der Waals surface area (Å²) in [7, 11) is -6.35. The Hall–Kier alpha value is -2.02. The number of nitrogens with zero attached hydrogens (tertiary/aromatic N) is 3. The maximum Gasteiger partial charge on any atom is 0.695 e. The molecule has 1 aliphatic carbocycles. The van der Waals surface area contributed by atoms with Gasteiger partial charge < -0.3 is 4.74 Å². The molecular formula is C17H18ClN3O6PS+. The second-order valence-corrected chi connectivity index (χ2v) is 9.96. The Kier molecular flexibility index (Phi) is 6.56. The number of aromatic nitrogens is 2. The van der Waals surface area contributed by atoms with E-state index in [1.54, 1.807) is 6.07 Å². The predicted molar refractivity (Wildman–Crippen MR) is 105 cm³/mol. The van der Waals surface area contributed by atoms with Crippen LogP contribution in [0.2, 0.25) is 5.02 Å². The van der Waals surface area contributed by atoms with Crippen molar-refractivity contribution in [3.63, 3.8) is 0 Å². The van der Waals surface area contributed by atoms with Crippen LogP contribution in [0.25, 0.3) is 0 Å². The highest BCUT2D eigenvalue weighted by atomic mass is 35.5. The summed E-state index contributed by atoms with van der Waals surface area (Å²) < 4.78 is 46.8. The predicted octanol–water partition coefficient (Wildman–Crippen LogP) is 3.64. The van der Waals surface area contributed by atoms with Gasteiger partial charge in [0.1, 0.15) is 29.1 Å². The molecule has 1 unspecified atom stereocenters. The Morgan fingerprint density at radius 3 is 2.69 bits per heavy atom. The summed E-state index contributed by atoms with van der Waals surface area (Å²) in [5.41, 5.74) is 1.08.